The first kappa shape index (κ1) is 13.5. The van der Waals surface area contributed by atoms with Gasteiger partial charge in [-0.3, -0.25) is 0 Å². The van der Waals surface area contributed by atoms with E-state index >= 15 is 0 Å². The summed E-state index contributed by atoms with van der Waals surface area (Å²) in [5, 5.41) is 12.4. The van der Waals surface area contributed by atoms with Crippen LogP contribution in [0.4, 0.5) is 5.69 Å². The van der Waals surface area contributed by atoms with Gasteiger partial charge in [-0.15, -0.1) is 0 Å². The minimum Gasteiger partial charge on any atom is -0.495 e. The standard InChI is InChI=1S/C17H16N2O2/c1-20-17-8-12(9-18)6-7-15(17)19-16-11-21-10-13-4-2-3-5-14(13)16/h2-8,16,19H,10-11H2,1H3. The van der Waals surface area contributed by atoms with Crippen LogP contribution in [0.1, 0.15) is 22.7 Å². The number of nitrogens with zero attached hydrogens (tertiary/aromatic N) is 1. The molecule has 0 fully saturated rings. The van der Waals surface area contributed by atoms with Crippen molar-refractivity contribution >= 4 is 5.69 Å². The van der Waals surface area contributed by atoms with E-state index in [1.54, 1.807) is 19.2 Å². The maximum absolute atomic E-state index is 8.95. The van der Waals surface area contributed by atoms with Gasteiger partial charge in [0.1, 0.15) is 5.75 Å². The van der Waals surface area contributed by atoms with E-state index in [2.05, 4.69) is 23.5 Å². The van der Waals surface area contributed by atoms with Crippen LogP contribution in [0.15, 0.2) is 42.5 Å². The van der Waals surface area contributed by atoms with E-state index in [0.717, 1.165) is 5.69 Å². The van der Waals surface area contributed by atoms with Gasteiger partial charge < -0.3 is 14.8 Å². The van der Waals surface area contributed by atoms with Crippen molar-refractivity contribution in [2.45, 2.75) is 12.6 Å². The van der Waals surface area contributed by atoms with Crippen molar-refractivity contribution in [1.82, 2.24) is 0 Å². The van der Waals surface area contributed by atoms with Crippen molar-refractivity contribution in [2.75, 3.05) is 19.0 Å². The van der Waals surface area contributed by atoms with E-state index in [1.807, 2.05) is 18.2 Å². The van der Waals surface area contributed by atoms with Crippen molar-refractivity contribution in [2.24, 2.45) is 0 Å². The lowest BCUT2D eigenvalue weighted by Gasteiger charge is -2.28. The summed E-state index contributed by atoms with van der Waals surface area (Å²) in [7, 11) is 1.60. The van der Waals surface area contributed by atoms with Crippen LogP contribution < -0.4 is 10.1 Å². The topological polar surface area (TPSA) is 54.3 Å². The summed E-state index contributed by atoms with van der Waals surface area (Å²) < 4.78 is 11.0. The normalized spacial score (nSPS) is 16.7. The first-order chi connectivity index (χ1) is 10.3. The Morgan fingerprint density at radius 3 is 2.95 bits per heavy atom. The minimum absolute atomic E-state index is 0.0804. The Kier molecular flexibility index (Phi) is 3.76. The van der Waals surface area contributed by atoms with Gasteiger partial charge in [0, 0.05) is 6.07 Å². The summed E-state index contributed by atoms with van der Waals surface area (Å²) in [4.78, 5) is 0. The molecule has 0 saturated carbocycles. The highest BCUT2D eigenvalue weighted by atomic mass is 16.5. The van der Waals surface area contributed by atoms with Crippen molar-refractivity contribution in [1.29, 1.82) is 5.26 Å². The van der Waals surface area contributed by atoms with E-state index in [0.29, 0.717) is 24.5 Å². The fourth-order valence-electron chi connectivity index (χ4n) is 2.57. The number of ether oxygens (including phenoxy) is 2. The molecule has 21 heavy (non-hydrogen) atoms. The zero-order valence-electron chi connectivity index (χ0n) is 11.8. The number of hydrogen-bond donors (Lipinski definition) is 1. The van der Waals surface area contributed by atoms with Crippen LogP contribution in [0.2, 0.25) is 0 Å². The summed E-state index contributed by atoms with van der Waals surface area (Å²) in [5.74, 6) is 0.664. The molecular weight excluding hydrogens is 264 g/mol. The molecule has 1 N–H and O–H groups in total. The number of fused-ring (bicyclic) bond motifs is 1. The first-order valence-electron chi connectivity index (χ1n) is 6.82. The predicted octanol–water partition coefficient (Wildman–Crippen LogP) is 3.25. The molecule has 1 aliphatic rings. The molecule has 1 unspecified atom stereocenters. The molecule has 0 amide bonds. The molecule has 0 bridgehead atoms. The molecule has 106 valence electrons. The molecule has 0 aliphatic carbocycles. The van der Waals surface area contributed by atoms with E-state index in [4.69, 9.17) is 14.7 Å². The molecule has 2 aromatic carbocycles. The van der Waals surface area contributed by atoms with Gasteiger partial charge in [0.25, 0.3) is 0 Å². The Labute approximate surface area is 123 Å². The van der Waals surface area contributed by atoms with Gasteiger partial charge in [-0.1, -0.05) is 24.3 Å². The molecule has 1 heterocycles. The van der Waals surface area contributed by atoms with E-state index in [9.17, 15) is 0 Å². The smallest absolute Gasteiger partial charge is 0.143 e. The number of anilines is 1. The second-order valence-corrected chi connectivity index (χ2v) is 4.94. The molecule has 0 saturated heterocycles. The Morgan fingerprint density at radius 1 is 1.29 bits per heavy atom. The Morgan fingerprint density at radius 2 is 2.14 bits per heavy atom. The lowest BCUT2D eigenvalue weighted by Crippen LogP contribution is -2.23. The van der Waals surface area contributed by atoms with Crippen LogP contribution in [0.25, 0.3) is 0 Å². The number of hydrogen-bond acceptors (Lipinski definition) is 4. The second-order valence-electron chi connectivity index (χ2n) is 4.94. The number of methoxy groups -OCH3 is 1. The molecule has 2 aromatic rings. The highest BCUT2D eigenvalue weighted by Gasteiger charge is 2.21. The summed E-state index contributed by atoms with van der Waals surface area (Å²) in [6.07, 6.45) is 0. The Balaban J connectivity index is 1.90. The van der Waals surface area contributed by atoms with Gasteiger partial charge in [-0.25, -0.2) is 0 Å². The summed E-state index contributed by atoms with van der Waals surface area (Å²) in [6.45, 7) is 1.26. The number of nitrogens with one attached hydrogen (secondary N) is 1. The van der Waals surface area contributed by atoms with Crippen LogP contribution in [-0.2, 0) is 11.3 Å². The molecule has 4 nitrogen and oxygen atoms in total. The van der Waals surface area contributed by atoms with Crippen LogP contribution in [0.3, 0.4) is 0 Å². The van der Waals surface area contributed by atoms with Gasteiger partial charge in [0.2, 0.25) is 0 Å². The van der Waals surface area contributed by atoms with Crippen LogP contribution in [-0.4, -0.2) is 13.7 Å². The number of rotatable bonds is 3. The number of nitriles is 1. The molecule has 0 aromatic heterocycles. The predicted molar refractivity (Wildman–Crippen MR) is 80.2 cm³/mol. The summed E-state index contributed by atoms with van der Waals surface area (Å²) in [6, 6.07) is 15.8. The lowest BCUT2D eigenvalue weighted by molar-refractivity contribution is 0.0969. The van der Waals surface area contributed by atoms with Crippen LogP contribution in [0.5, 0.6) is 5.75 Å². The third-order valence-electron chi connectivity index (χ3n) is 3.63. The zero-order chi connectivity index (χ0) is 14.7. The van der Waals surface area contributed by atoms with E-state index in [-0.39, 0.29) is 6.04 Å². The van der Waals surface area contributed by atoms with E-state index in [1.165, 1.54) is 11.1 Å². The first-order valence-corrected chi connectivity index (χ1v) is 6.82. The fourth-order valence-corrected chi connectivity index (χ4v) is 2.57. The van der Waals surface area contributed by atoms with Gasteiger partial charge in [0.05, 0.1) is 43.7 Å². The quantitative estimate of drug-likeness (QED) is 0.937. The highest BCUT2D eigenvalue weighted by Crippen LogP contribution is 2.32. The van der Waals surface area contributed by atoms with E-state index < -0.39 is 0 Å². The maximum Gasteiger partial charge on any atom is 0.143 e. The third-order valence-corrected chi connectivity index (χ3v) is 3.63. The van der Waals surface area contributed by atoms with Crippen LogP contribution >= 0.6 is 0 Å². The average Bonchev–Trinajstić information content (AvgIpc) is 2.55. The van der Waals surface area contributed by atoms with Crippen molar-refractivity contribution in [3.05, 3.63) is 59.2 Å². The summed E-state index contributed by atoms with van der Waals surface area (Å²) >= 11 is 0. The third kappa shape index (κ3) is 2.69. The maximum atomic E-state index is 8.95. The largest absolute Gasteiger partial charge is 0.495 e. The highest BCUT2D eigenvalue weighted by molar-refractivity contribution is 5.60. The summed E-state index contributed by atoms with van der Waals surface area (Å²) in [5.41, 5.74) is 3.89. The molecule has 1 aliphatic heterocycles. The average molecular weight is 280 g/mol. The fraction of sp³-hybridized carbons (Fsp3) is 0.235. The molecular formula is C17H16N2O2. The molecule has 0 radical (unpaired) electrons. The lowest BCUT2D eigenvalue weighted by atomic mass is 9.99. The van der Waals surface area contributed by atoms with Crippen LogP contribution in [0, 0.1) is 11.3 Å². The Hall–Kier alpha value is -2.51. The van der Waals surface area contributed by atoms with Crippen molar-refractivity contribution in [3.63, 3.8) is 0 Å². The van der Waals surface area contributed by atoms with Crippen molar-refractivity contribution < 1.29 is 9.47 Å². The molecule has 1 atom stereocenters. The second kappa shape index (κ2) is 5.86. The zero-order valence-corrected chi connectivity index (χ0v) is 11.8. The monoisotopic (exact) mass is 280 g/mol. The molecule has 3 rings (SSSR count). The SMILES string of the molecule is COc1cc(C#N)ccc1NC1COCc2ccccc21. The van der Waals surface area contributed by atoms with Gasteiger partial charge in [-0.05, 0) is 23.3 Å². The van der Waals surface area contributed by atoms with Gasteiger partial charge in [0.15, 0.2) is 0 Å². The minimum atomic E-state index is 0.0804. The number of benzene rings is 2. The van der Waals surface area contributed by atoms with Gasteiger partial charge >= 0.3 is 0 Å². The molecule has 0 spiro atoms. The Bertz CT molecular complexity index is 691. The molecule has 4 heteroatoms. The van der Waals surface area contributed by atoms with Crippen molar-refractivity contribution in [3.8, 4) is 11.8 Å². The van der Waals surface area contributed by atoms with Gasteiger partial charge in [-0.2, -0.15) is 5.26 Å².